The van der Waals surface area contributed by atoms with Crippen LogP contribution in [-0.4, -0.2) is 27.6 Å². The summed E-state index contributed by atoms with van der Waals surface area (Å²) in [6, 6.07) is 6.08. The van der Waals surface area contributed by atoms with Gasteiger partial charge in [0.25, 0.3) is 0 Å². The molecule has 0 aliphatic carbocycles. The molecule has 3 N–H and O–H groups in total. The smallest absolute Gasteiger partial charge is 0.240 e. The first-order valence-corrected chi connectivity index (χ1v) is 7.78. The zero-order chi connectivity index (χ0) is 14.5. The van der Waals surface area contributed by atoms with Crippen molar-refractivity contribution in [2.45, 2.75) is 31.7 Å². The maximum absolute atomic E-state index is 12.0. The van der Waals surface area contributed by atoms with E-state index in [0.717, 1.165) is 0 Å². The summed E-state index contributed by atoms with van der Waals surface area (Å²) >= 11 is 0. The van der Waals surface area contributed by atoms with Gasteiger partial charge in [-0.2, -0.15) is 0 Å². The quantitative estimate of drug-likeness (QED) is 0.792. The van der Waals surface area contributed by atoms with E-state index in [1.807, 2.05) is 0 Å². The van der Waals surface area contributed by atoms with E-state index in [0.29, 0.717) is 18.3 Å². The van der Waals surface area contributed by atoms with Crippen LogP contribution in [0.25, 0.3) is 0 Å². The Bertz CT molecular complexity index is 483. The van der Waals surface area contributed by atoms with E-state index in [-0.39, 0.29) is 17.5 Å². The molecule has 0 fully saturated rings. The van der Waals surface area contributed by atoms with Crippen molar-refractivity contribution >= 4 is 10.0 Å². The van der Waals surface area contributed by atoms with Crippen molar-refractivity contribution in [2.24, 2.45) is 11.7 Å². The third-order valence-electron chi connectivity index (χ3n) is 2.43. The summed E-state index contributed by atoms with van der Waals surface area (Å²) in [5.74, 6) is 1.09. The molecule has 1 unspecified atom stereocenters. The van der Waals surface area contributed by atoms with Crippen molar-refractivity contribution < 1.29 is 13.2 Å². The number of nitrogens with one attached hydrogen (secondary N) is 1. The molecule has 0 heterocycles. The van der Waals surface area contributed by atoms with Crippen LogP contribution >= 0.6 is 0 Å². The molecule has 0 aliphatic rings. The lowest BCUT2D eigenvalue weighted by molar-refractivity contribution is 0.271. The molecule has 0 aliphatic heterocycles. The first kappa shape index (κ1) is 15.9. The Morgan fingerprint density at radius 2 is 1.79 bits per heavy atom. The second kappa shape index (κ2) is 6.88. The van der Waals surface area contributed by atoms with E-state index in [1.165, 1.54) is 12.1 Å². The van der Waals surface area contributed by atoms with Crippen molar-refractivity contribution in [1.82, 2.24) is 4.72 Å². The van der Waals surface area contributed by atoms with E-state index in [1.54, 1.807) is 19.1 Å². The molecular weight excluding hydrogens is 264 g/mol. The Hall–Kier alpha value is -1.11. The van der Waals surface area contributed by atoms with Gasteiger partial charge in [0.15, 0.2) is 0 Å². The second-order valence-corrected chi connectivity index (χ2v) is 6.65. The van der Waals surface area contributed by atoms with Crippen LogP contribution in [0.15, 0.2) is 29.2 Å². The van der Waals surface area contributed by atoms with Gasteiger partial charge in [0.1, 0.15) is 5.75 Å². The molecule has 1 rings (SSSR count). The van der Waals surface area contributed by atoms with Crippen LogP contribution in [-0.2, 0) is 10.0 Å². The molecular formula is C13H22N2O3S. The predicted octanol–water partition coefficient (Wildman–Crippen LogP) is 1.35. The topological polar surface area (TPSA) is 81.4 Å². The Balaban J connectivity index is 2.75. The molecule has 19 heavy (non-hydrogen) atoms. The number of ether oxygens (including phenoxy) is 1. The van der Waals surface area contributed by atoms with E-state index >= 15 is 0 Å². The SMILES string of the molecule is CC(C)COc1ccc(S(=O)(=O)NC(C)CN)cc1. The van der Waals surface area contributed by atoms with Crippen LogP contribution in [0, 0.1) is 5.92 Å². The number of nitrogens with two attached hydrogens (primary N) is 1. The average molecular weight is 286 g/mol. The van der Waals surface area contributed by atoms with Gasteiger partial charge in [-0.3, -0.25) is 0 Å². The fraction of sp³-hybridized carbons (Fsp3) is 0.538. The zero-order valence-electron chi connectivity index (χ0n) is 11.6. The minimum atomic E-state index is -3.51. The van der Waals surface area contributed by atoms with Crippen LogP contribution in [0.2, 0.25) is 0 Å². The Morgan fingerprint density at radius 1 is 1.21 bits per heavy atom. The van der Waals surface area contributed by atoms with Gasteiger partial charge in [-0.05, 0) is 37.1 Å². The molecule has 5 nitrogen and oxygen atoms in total. The minimum Gasteiger partial charge on any atom is -0.493 e. The Labute approximate surface area is 115 Å². The Kier molecular flexibility index (Phi) is 5.78. The average Bonchev–Trinajstić information content (AvgIpc) is 2.36. The van der Waals surface area contributed by atoms with E-state index in [2.05, 4.69) is 18.6 Å². The highest BCUT2D eigenvalue weighted by molar-refractivity contribution is 7.89. The lowest BCUT2D eigenvalue weighted by Crippen LogP contribution is -2.37. The summed E-state index contributed by atoms with van der Waals surface area (Å²) < 4.78 is 31.9. The minimum absolute atomic E-state index is 0.213. The molecule has 1 aromatic carbocycles. The van der Waals surface area contributed by atoms with Crippen LogP contribution in [0.4, 0.5) is 0 Å². The van der Waals surface area contributed by atoms with Gasteiger partial charge >= 0.3 is 0 Å². The van der Waals surface area contributed by atoms with Crippen LogP contribution in [0.1, 0.15) is 20.8 Å². The molecule has 0 amide bonds. The fourth-order valence-electron chi connectivity index (χ4n) is 1.36. The lowest BCUT2D eigenvalue weighted by Gasteiger charge is -2.13. The summed E-state index contributed by atoms with van der Waals surface area (Å²) in [6.45, 7) is 6.69. The van der Waals surface area contributed by atoms with Gasteiger partial charge in [0.05, 0.1) is 11.5 Å². The number of rotatable bonds is 7. The molecule has 0 saturated heterocycles. The van der Waals surface area contributed by atoms with Gasteiger partial charge in [-0.1, -0.05) is 13.8 Å². The third-order valence-corrected chi connectivity index (χ3v) is 4.03. The third kappa shape index (κ3) is 5.18. The molecule has 0 bridgehead atoms. The van der Waals surface area contributed by atoms with Crippen LogP contribution < -0.4 is 15.2 Å². The van der Waals surface area contributed by atoms with Gasteiger partial charge < -0.3 is 10.5 Å². The molecule has 0 radical (unpaired) electrons. The molecule has 6 heteroatoms. The van der Waals surface area contributed by atoms with Crippen molar-refractivity contribution in [3.63, 3.8) is 0 Å². The van der Waals surface area contributed by atoms with E-state index < -0.39 is 10.0 Å². The van der Waals surface area contributed by atoms with Crippen molar-refractivity contribution in [1.29, 1.82) is 0 Å². The van der Waals surface area contributed by atoms with E-state index in [9.17, 15) is 8.42 Å². The number of hydrogen-bond donors (Lipinski definition) is 2. The molecule has 108 valence electrons. The highest BCUT2D eigenvalue weighted by Crippen LogP contribution is 2.16. The lowest BCUT2D eigenvalue weighted by atomic mass is 10.2. The summed E-state index contributed by atoms with van der Waals surface area (Å²) in [5.41, 5.74) is 5.40. The van der Waals surface area contributed by atoms with Crippen LogP contribution in [0.5, 0.6) is 5.75 Å². The highest BCUT2D eigenvalue weighted by Gasteiger charge is 2.16. The fourth-order valence-corrected chi connectivity index (χ4v) is 2.62. The van der Waals surface area contributed by atoms with E-state index in [4.69, 9.17) is 10.5 Å². The maximum Gasteiger partial charge on any atom is 0.240 e. The summed E-state index contributed by atoms with van der Waals surface area (Å²) in [6.07, 6.45) is 0. The second-order valence-electron chi connectivity index (χ2n) is 4.93. The van der Waals surface area contributed by atoms with Gasteiger partial charge in [0.2, 0.25) is 10.0 Å². The number of benzene rings is 1. The number of hydrogen-bond acceptors (Lipinski definition) is 4. The van der Waals surface area contributed by atoms with Gasteiger partial charge in [-0.15, -0.1) is 0 Å². The zero-order valence-corrected chi connectivity index (χ0v) is 12.4. The van der Waals surface area contributed by atoms with Gasteiger partial charge in [0, 0.05) is 12.6 Å². The highest BCUT2D eigenvalue weighted by atomic mass is 32.2. The molecule has 1 atom stereocenters. The van der Waals surface area contributed by atoms with Gasteiger partial charge in [-0.25, -0.2) is 13.1 Å². The predicted molar refractivity (Wildman–Crippen MR) is 75.6 cm³/mol. The standard InChI is InChI=1S/C13H22N2O3S/c1-10(2)9-18-12-4-6-13(7-5-12)19(16,17)15-11(3)8-14/h4-7,10-11,15H,8-9,14H2,1-3H3. The summed E-state index contributed by atoms with van der Waals surface area (Å²) in [7, 11) is -3.51. The molecule has 0 aromatic heterocycles. The Morgan fingerprint density at radius 3 is 2.26 bits per heavy atom. The first-order chi connectivity index (χ1) is 8.85. The first-order valence-electron chi connectivity index (χ1n) is 6.30. The van der Waals surface area contributed by atoms with Crippen LogP contribution in [0.3, 0.4) is 0 Å². The summed E-state index contributed by atoms with van der Waals surface area (Å²) in [4.78, 5) is 0.213. The largest absolute Gasteiger partial charge is 0.493 e. The van der Waals surface area contributed by atoms with Crippen molar-refractivity contribution in [3.8, 4) is 5.75 Å². The van der Waals surface area contributed by atoms with Crippen molar-refractivity contribution in [3.05, 3.63) is 24.3 Å². The monoisotopic (exact) mass is 286 g/mol. The molecule has 1 aromatic rings. The normalized spacial score (nSPS) is 13.5. The number of sulfonamides is 1. The molecule has 0 spiro atoms. The maximum atomic E-state index is 12.0. The van der Waals surface area contributed by atoms with Crippen molar-refractivity contribution in [2.75, 3.05) is 13.2 Å². The molecule has 0 saturated carbocycles. The summed E-state index contributed by atoms with van der Waals surface area (Å²) in [5, 5.41) is 0.